The Morgan fingerprint density at radius 2 is 1.71 bits per heavy atom. The van der Waals surface area contributed by atoms with E-state index in [-0.39, 0.29) is 18.5 Å². The lowest BCUT2D eigenvalue weighted by Crippen LogP contribution is -2.52. The highest BCUT2D eigenvalue weighted by molar-refractivity contribution is 7.92. The maximum absolute atomic E-state index is 13.6. The summed E-state index contributed by atoms with van der Waals surface area (Å²) >= 11 is 0. The van der Waals surface area contributed by atoms with E-state index in [1.165, 1.54) is 17.0 Å². The van der Waals surface area contributed by atoms with Crippen molar-refractivity contribution >= 4 is 27.5 Å². The first kappa shape index (κ1) is 26.7. The van der Waals surface area contributed by atoms with Gasteiger partial charge in [-0.25, -0.2) is 12.8 Å². The Balaban J connectivity index is 1.89. The van der Waals surface area contributed by atoms with E-state index in [0.29, 0.717) is 11.3 Å². The number of hydrogen-bond acceptors (Lipinski definition) is 4. The van der Waals surface area contributed by atoms with E-state index in [1.54, 1.807) is 38.1 Å². The molecule has 35 heavy (non-hydrogen) atoms. The second kappa shape index (κ2) is 11.2. The Bertz CT molecular complexity index is 1160. The van der Waals surface area contributed by atoms with Crippen LogP contribution in [0.25, 0.3) is 0 Å². The molecule has 2 aromatic carbocycles. The summed E-state index contributed by atoms with van der Waals surface area (Å²) < 4.78 is 39.9. The van der Waals surface area contributed by atoms with Crippen molar-refractivity contribution in [2.75, 3.05) is 17.1 Å². The number of aryl methyl sites for hydroxylation is 2. The molecule has 1 aliphatic rings. The summed E-state index contributed by atoms with van der Waals surface area (Å²) in [6, 6.07) is 10.2. The van der Waals surface area contributed by atoms with E-state index in [2.05, 4.69) is 5.32 Å². The molecule has 0 bridgehead atoms. The Hall–Kier alpha value is -2.94. The second-order valence-electron chi connectivity index (χ2n) is 9.37. The molecule has 1 atom stereocenters. The van der Waals surface area contributed by atoms with Gasteiger partial charge in [0.1, 0.15) is 18.4 Å². The van der Waals surface area contributed by atoms with Crippen LogP contribution in [0.5, 0.6) is 0 Å². The first-order valence-corrected chi connectivity index (χ1v) is 13.7. The number of nitrogens with zero attached hydrogens (tertiary/aromatic N) is 2. The topological polar surface area (TPSA) is 86.8 Å². The molecule has 0 radical (unpaired) electrons. The number of carbonyl (C=O) groups is 2. The van der Waals surface area contributed by atoms with E-state index >= 15 is 0 Å². The van der Waals surface area contributed by atoms with Crippen molar-refractivity contribution in [3.63, 3.8) is 0 Å². The average Bonchev–Trinajstić information content (AvgIpc) is 3.29. The molecule has 0 spiro atoms. The van der Waals surface area contributed by atoms with Gasteiger partial charge in [0.15, 0.2) is 0 Å². The van der Waals surface area contributed by atoms with Crippen molar-refractivity contribution in [3.8, 4) is 0 Å². The van der Waals surface area contributed by atoms with Gasteiger partial charge in [-0.15, -0.1) is 0 Å². The van der Waals surface area contributed by atoms with Crippen LogP contribution in [0, 0.1) is 19.7 Å². The largest absolute Gasteiger partial charge is 0.352 e. The fourth-order valence-corrected chi connectivity index (χ4v) is 5.35. The summed E-state index contributed by atoms with van der Waals surface area (Å²) in [6.07, 6.45) is 4.96. The lowest BCUT2D eigenvalue weighted by Gasteiger charge is -2.32. The molecule has 2 amide bonds. The molecular formula is C26H34FN3O4S. The zero-order valence-electron chi connectivity index (χ0n) is 20.8. The fourth-order valence-electron chi connectivity index (χ4n) is 4.44. The van der Waals surface area contributed by atoms with E-state index in [4.69, 9.17) is 0 Å². The van der Waals surface area contributed by atoms with Crippen LogP contribution >= 0.6 is 0 Å². The average molecular weight is 504 g/mol. The van der Waals surface area contributed by atoms with E-state index in [1.807, 2.05) is 13.0 Å². The molecule has 2 aromatic rings. The minimum absolute atomic E-state index is 0.0445. The maximum atomic E-state index is 13.6. The highest BCUT2D eigenvalue weighted by Crippen LogP contribution is 2.24. The predicted octanol–water partition coefficient (Wildman–Crippen LogP) is 3.68. The zero-order chi connectivity index (χ0) is 25.8. The number of halogens is 1. The smallest absolute Gasteiger partial charge is 0.244 e. The molecule has 1 aliphatic carbocycles. The standard InChI is InChI=1S/C26H34FN3O4S/c1-18-9-14-24(19(2)15-18)30(35(4,33)34)17-25(31)29(16-21-10-12-22(27)13-11-21)20(3)26(32)28-23-7-5-6-8-23/h9-15,20,23H,5-8,16-17H2,1-4H3,(H,28,32). The molecule has 0 heterocycles. The number of hydrogen-bond donors (Lipinski definition) is 1. The number of rotatable bonds is 9. The van der Waals surface area contributed by atoms with Gasteiger partial charge in [0.05, 0.1) is 11.9 Å². The first-order valence-electron chi connectivity index (χ1n) is 11.8. The minimum Gasteiger partial charge on any atom is -0.352 e. The third-order valence-electron chi connectivity index (χ3n) is 6.44. The lowest BCUT2D eigenvalue weighted by atomic mass is 10.1. The minimum atomic E-state index is -3.79. The van der Waals surface area contributed by atoms with Crippen LogP contribution in [0.15, 0.2) is 42.5 Å². The van der Waals surface area contributed by atoms with Crippen LogP contribution in [-0.2, 0) is 26.2 Å². The highest BCUT2D eigenvalue weighted by atomic mass is 32.2. The van der Waals surface area contributed by atoms with Crippen molar-refractivity contribution in [2.24, 2.45) is 0 Å². The molecule has 7 nitrogen and oxygen atoms in total. The number of anilines is 1. The van der Waals surface area contributed by atoms with E-state index in [0.717, 1.165) is 47.4 Å². The fraction of sp³-hybridized carbons (Fsp3) is 0.462. The van der Waals surface area contributed by atoms with Crippen molar-refractivity contribution < 1.29 is 22.4 Å². The molecule has 3 rings (SSSR count). The highest BCUT2D eigenvalue weighted by Gasteiger charge is 2.31. The second-order valence-corrected chi connectivity index (χ2v) is 11.3. The van der Waals surface area contributed by atoms with Gasteiger partial charge < -0.3 is 10.2 Å². The van der Waals surface area contributed by atoms with Crippen molar-refractivity contribution in [1.29, 1.82) is 0 Å². The number of benzene rings is 2. The third-order valence-corrected chi connectivity index (χ3v) is 7.56. The Morgan fingerprint density at radius 1 is 1.09 bits per heavy atom. The van der Waals surface area contributed by atoms with Crippen LogP contribution in [-0.4, -0.2) is 50.0 Å². The van der Waals surface area contributed by atoms with E-state index in [9.17, 15) is 22.4 Å². The monoisotopic (exact) mass is 503 g/mol. The van der Waals surface area contributed by atoms with Crippen molar-refractivity contribution in [2.45, 2.75) is 65.1 Å². The number of sulfonamides is 1. The first-order chi connectivity index (χ1) is 16.5. The van der Waals surface area contributed by atoms with Crippen LogP contribution in [0.3, 0.4) is 0 Å². The third kappa shape index (κ3) is 7.04. The van der Waals surface area contributed by atoms with Crippen LogP contribution < -0.4 is 9.62 Å². The Kier molecular flexibility index (Phi) is 8.53. The van der Waals surface area contributed by atoms with E-state index < -0.39 is 34.3 Å². The molecule has 0 aromatic heterocycles. The Morgan fingerprint density at radius 3 is 2.29 bits per heavy atom. The molecule has 9 heteroatoms. The van der Waals surface area contributed by atoms with Gasteiger partial charge in [-0.05, 0) is 62.9 Å². The Labute approximate surface area is 207 Å². The van der Waals surface area contributed by atoms with Gasteiger partial charge in [0.25, 0.3) is 0 Å². The van der Waals surface area contributed by atoms with Crippen molar-refractivity contribution in [1.82, 2.24) is 10.2 Å². The number of amides is 2. The molecule has 1 N–H and O–H groups in total. The summed E-state index contributed by atoms with van der Waals surface area (Å²) in [7, 11) is -3.79. The van der Waals surface area contributed by atoms with Crippen molar-refractivity contribution in [3.05, 3.63) is 65.0 Å². The molecular weight excluding hydrogens is 469 g/mol. The summed E-state index contributed by atoms with van der Waals surface area (Å²) in [5.41, 5.74) is 2.75. The quantitative estimate of drug-likeness (QED) is 0.566. The summed E-state index contributed by atoms with van der Waals surface area (Å²) in [6.45, 7) is 4.92. The van der Waals surface area contributed by atoms with Gasteiger partial charge in [0.2, 0.25) is 21.8 Å². The van der Waals surface area contributed by atoms with Crippen LogP contribution in [0.1, 0.15) is 49.3 Å². The summed E-state index contributed by atoms with van der Waals surface area (Å²) in [5, 5.41) is 3.01. The van der Waals surface area contributed by atoms with Gasteiger partial charge >= 0.3 is 0 Å². The molecule has 1 fully saturated rings. The molecule has 1 saturated carbocycles. The molecule has 0 saturated heterocycles. The van der Waals surface area contributed by atoms with Crippen LogP contribution in [0.4, 0.5) is 10.1 Å². The normalized spacial score (nSPS) is 15.0. The van der Waals surface area contributed by atoms with Gasteiger partial charge in [0, 0.05) is 12.6 Å². The molecule has 0 aliphatic heterocycles. The summed E-state index contributed by atoms with van der Waals surface area (Å²) in [5.74, 6) is -1.21. The SMILES string of the molecule is Cc1ccc(N(CC(=O)N(Cc2ccc(F)cc2)C(C)C(=O)NC2CCCC2)S(C)(=O)=O)c(C)c1. The van der Waals surface area contributed by atoms with Gasteiger partial charge in [-0.2, -0.15) is 0 Å². The van der Waals surface area contributed by atoms with Gasteiger partial charge in [-0.3, -0.25) is 13.9 Å². The summed E-state index contributed by atoms with van der Waals surface area (Å²) in [4.78, 5) is 28.0. The zero-order valence-corrected chi connectivity index (χ0v) is 21.6. The van der Waals surface area contributed by atoms with Gasteiger partial charge in [-0.1, -0.05) is 42.7 Å². The number of carbonyl (C=O) groups excluding carboxylic acids is 2. The maximum Gasteiger partial charge on any atom is 0.244 e. The number of nitrogens with one attached hydrogen (secondary N) is 1. The predicted molar refractivity (Wildman–Crippen MR) is 135 cm³/mol. The van der Waals surface area contributed by atoms with Crippen LogP contribution in [0.2, 0.25) is 0 Å². The molecule has 1 unspecified atom stereocenters. The lowest BCUT2D eigenvalue weighted by molar-refractivity contribution is -0.139. The molecule has 190 valence electrons.